The molecule has 0 aromatic heterocycles. The number of ether oxygens (including phenoxy) is 1. The van der Waals surface area contributed by atoms with Gasteiger partial charge in [-0.2, -0.15) is 0 Å². The minimum absolute atomic E-state index is 0.533. The van der Waals surface area contributed by atoms with Crippen LogP contribution in [0.3, 0.4) is 0 Å². The van der Waals surface area contributed by atoms with Gasteiger partial charge in [0.15, 0.2) is 0 Å². The number of hydrogen-bond donors (Lipinski definition) is 2. The van der Waals surface area contributed by atoms with E-state index in [9.17, 15) is 0 Å². The minimum atomic E-state index is 0.533. The molecule has 2 N–H and O–H groups in total. The smallest absolute Gasteiger partial charge is 0.0588 e. The molecular formula is C14H28N2O. The average Bonchev–Trinajstić information content (AvgIpc) is 2.97. The monoisotopic (exact) mass is 240 g/mol. The second-order valence-electron chi connectivity index (χ2n) is 5.78. The zero-order valence-corrected chi connectivity index (χ0v) is 11.3. The molecule has 0 saturated carbocycles. The summed E-state index contributed by atoms with van der Waals surface area (Å²) in [4.78, 5) is 0. The first-order chi connectivity index (χ1) is 8.35. The van der Waals surface area contributed by atoms with E-state index < -0.39 is 0 Å². The van der Waals surface area contributed by atoms with Crippen LogP contribution in [0.1, 0.15) is 45.4 Å². The summed E-state index contributed by atoms with van der Waals surface area (Å²) >= 11 is 0. The van der Waals surface area contributed by atoms with Crippen LogP contribution in [0.5, 0.6) is 0 Å². The van der Waals surface area contributed by atoms with Crippen LogP contribution in [0.25, 0.3) is 0 Å². The molecule has 2 aliphatic rings. The Bertz CT molecular complexity index is 208. The van der Waals surface area contributed by atoms with Crippen molar-refractivity contribution < 1.29 is 4.74 Å². The lowest BCUT2D eigenvalue weighted by atomic mass is 9.82. The average molecular weight is 240 g/mol. The molecule has 0 bridgehead atoms. The van der Waals surface area contributed by atoms with Gasteiger partial charge in [0.25, 0.3) is 0 Å². The number of hydrogen-bond acceptors (Lipinski definition) is 3. The molecule has 0 aromatic rings. The first-order valence-corrected chi connectivity index (χ1v) is 7.38. The number of nitrogens with one attached hydrogen (secondary N) is 2. The highest BCUT2D eigenvalue weighted by atomic mass is 16.5. The predicted molar refractivity (Wildman–Crippen MR) is 71.3 cm³/mol. The van der Waals surface area contributed by atoms with Crippen molar-refractivity contribution in [2.24, 2.45) is 5.41 Å². The van der Waals surface area contributed by atoms with Crippen molar-refractivity contribution >= 4 is 0 Å². The normalized spacial score (nSPS) is 33.4. The van der Waals surface area contributed by atoms with Gasteiger partial charge in [0.2, 0.25) is 0 Å². The van der Waals surface area contributed by atoms with Crippen LogP contribution in [-0.4, -0.2) is 38.9 Å². The predicted octanol–water partition coefficient (Wildman–Crippen LogP) is 1.92. The van der Waals surface area contributed by atoms with Crippen LogP contribution in [0.2, 0.25) is 0 Å². The molecule has 0 aromatic carbocycles. The molecule has 0 amide bonds. The van der Waals surface area contributed by atoms with Crippen molar-refractivity contribution in [2.45, 2.75) is 51.6 Å². The summed E-state index contributed by atoms with van der Waals surface area (Å²) in [5.41, 5.74) is 0.533. The molecule has 2 rings (SSSR count). The summed E-state index contributed by atoms with van der Waals surface area (Å²) in [5, 5.41) is 7.18. The molecular weight excluding hydrogens is 212 g/mol. The van der Waals surface area contributed by atoms with Gasteiger partial charge in [-0.1, -0.05) is 13.3 Å². The maximum absolute atomic E-state index is 5.65. The topological polar surface area (TPSA) is 33.3 Å². The summed E-state index contributed by atoms with van der Waals surface area (Å²) in [6.45, 7) is 7.98. The van der Waals surface area contributed by atoms with Crippen molar-refractivity contribution in [3.63, 3.8) is 0 Å². The van der Waals surface area contributed by atoms with Gasteiger partial charge in [-0.15, -0.1) is 0 Å². The Morgan fingerprint density at radius 1 is 1.47 bits per heavy atom. The van der Waals surface area contributed by atoms with Crippen molar-refractivity contribution in [2.75, 3.05) is 32.8 Å². The standard InChI is InChI=1S/C14H28N2O/c1-2-6-14(7-9-16-12-14)11-15-8-5-13-4-3-10-17-13/h13,15-16H,2-12H2,1H3. The molecule has 0 spiro atoms. The lowest BCUT2D eigenvalue weighted by Crippen LogP contribution is -2.37. The van der Waals surface area contributed by atoms with Gasteiger partial charge in [0.05, 0.1) is 6.10 Å². The highest BCUT2D eigenvalue weighted by molar-refractivity contribution is 4.89. The fourth-order valence-electron chi connectivity index (χ4n) is 3.27. The van der Waals surface area contributed by atoms with E-state index in [1.54, 1.807) is 0 Å². The fraction of sp³-hybridized carbons (Fsp3) is 1.00. The zero-order valence-electron chi connectivity index (χ0n) is 11.3. The molecule has 2 unspecified atom stereocenters. The Morgan fingerprint density at radius 2 is 2.41 bits per heavy atom. The van der Waals surface area contributed by atoms with Crippen LogP contribution in [-0.2, 0) is 4.74 Å². The van der Waals surface area contributed by atoms with E-state index >= 15 is 0 Å². The van der Waals surface area contributed by atoms with Gasteiger partial charge in [0.1, 0.15) is 0 Å². The van der Waals surface area contributed by atoms with Gasteiger partial charge in [0, 0.05) is 19.7 Å². The summed E-state index contributed by atoms with van der Waals surface area (Å²) < 4.78 is 5.65. The third-order valence-electron chi connectivity index (χ3n) is 4.28. The summed E-state index contributed by atoms with van der Waals surface area (Å²) in [6, 6.07) is 0. The Morgan fingerprint density at radius 3 is 3.06 bits per heavy atom. The van der Waals surface area contributed by atoms with Crippen LogP contribution < -0.4 is 10.6 Å². The Kier molecular flexibility index (Phi) is 5.26. The van der Waals surface area contributed by atoms with Crippen molar-refractivity contribution in [1.29, 1.82) is 0 Å². The van der Waals surface area contributed by atoms with E-state index in [-0.39, 0.29) is 0 Å². The highest BCUT2D eigenvalue weighted by Crippen LogP contribution is 2.30. The fourth-order valence-corrected chi connectivity index (χ4v) is 3.27. The molecule has 2 atom stereocenters. The van der Waals surface area contributed by atoms with Gasteiger partial charge in [-0.3, -0.25) is 0 Å². The molecule has 2 aliphatic heterocycles. The molecule has 17 heavy (non-hydrogen) atoms. The Hall–Kier alpha value is -0.120. The van der Waals surface area contributed by atoms with E-state index in [1.165, 1.54) is 58.2 Å². The minimum Gasteiger partial charge on any atom is -0.378 e. The van der Waals surface area contributed by atoms with Gasteiger partial charge in [-0.05, 0) is 50.6 Å². The first-order valence-electron chi connectivity index (χ1n) is 7.38. The van der Waals surface area contributed by atoms with Crippen LogP contribution in [0.15, 0.2) is 0 Å². The first kappa shape index (κ1) is 13.3. The third-order valence-corrected chi connectivity index (χ3v) is 4.28. The second kappa shape index (κ2) is 6.72. The maximum atomic E-state index is 5.65. The van der Waals surface area contributed by atoms with Crippen LogP contribution >= 0.6 is 0 Å². The molecule has 3 heteroatoms. The molecule has 3 nitrogen and oxygen atoms in total. The molecule has 0 radical (unpaired) electrons. The van der Waals surface area contributed by atoms with E-state index in [4.69, 9.17) is 4.74 Å². The quantitative estimate of drug-likeness (QED) is 0.667. The van der Waals surface area contributed by atoms with Gasteiger partial charge in [-0.25, -0.2) is 0 Å². The number of rotatable bonds is 7. The van der Waals surface area contributed by atoms with Crippen molar-refractivity contribution in [3.8, 4) is 0 Å². The zero-order chi connectivity index (χ0) is 12.0. The van der Waals surface area contributed by atoms with Crippen molar-refractivity contribution in [3.05, 3.63) is 0 Å². The molecule has 100 valence electrons. The Labute approximate surface area is 106 Å². The SMILES string of the molecule is CCCC1(CNCCC2CCCO2)CCNC1. The van der Waals surface area contributed by atoms with Crippen LogP contribution in [0.4, 0.5) is 0 Å². The van der Waals surface area contributed by atoms with E-state index in [1.807, 2.05) is 0 Å². The second-order valence-corrected chi connectivity index (χ2v) is 5.78. The molecule has 2 fully saturated rings. The van der Waals surface area contributed by atoms with E-state index in [0.29, 0.717) is 11.5 Å². The van der Waals surface area contributed by atoms with Gasteiger partial charge >= 0.3 is 0 Å². The van der Waals surface area contributed by atoms with Gasteiger partial charge < -0.3 is 15.4 Å². The molecule has 2 saturated heterocycles. The van der Waals surface area contributed by atoms with E-state index in [0.717, 1.165) is 13.2 Å². The van der Waals surface area contributed by atoms with Crippen LogP contribution in [0, 0.1) is 5.41 Å². The highest BCUT2D eigenvalue weighted by Gasteiger charge is 2.32. The summed E-state index contributed by atoms with van der Waals surface area (Å²) in [6.07, 6.45) is 8.25. The largest absolute Gasteiger partial charge is 0.378 e. The Balaban J connectivity index is 1.61. The summed E-state index contributed by atoms with van der Waals surface area (Å²) in [5.74, 6) is 0. The molecule has 0 aliphatic carbocycles. The third kappa shape index (κ3) is 3.94. The lowest BCUT2D eigenvalue weighted by molar-refractivity contribution is 0.103. The summed E-state index contributed by atoms with van der Waals surface area (Å²) in [7, 11) is 0. The van der Waals surface area contributed by atoms with E-state index in [2.05, 4.69) is 17.6 Å². The maximum Gasteiger partial charge on any atom is 0.0588 e. The molecule has 2 heterocycles. The lowest BCUT2D eigenvalue weighted by Gasteiger charge is -2.28. The van der Waals surface area contributed by atoms with Crippen molar-refractivity contribution in [1.82, 2.24) is 10.6 Å².